The Kier molecular flexibility index (Phi) is 2.48. The summed E-state index contributed by atoms with van der Waals surface area (Å²) in [5, 5.41) is 0. The minimum absolute atomic E-state index is 0.483. The predicted octanol–water partition coefficient (Wildman–Crippen LogP) is 3.38. The second kappa shape index (κ2) is 4.11. The molecule has 1 saturated heterocycles. The summed E-state index contributed by atoms with van der Waals surface area (Å²) in [6.07, 6.45) is 11.3. The number of fused-ring (bicyclic) bond motifs is 1. The zero-order valence-corrected chi connectivity index (χ0v) is 13.4. The Morgan fingerprint density at radius 2 is 1.71 bits per heavy atom. The van der Waals surface area contributed by atoms with Crippen LogP contribution in [0.5, 0.6) is 0 Å². The largest absolute Gasteiger partial charge is 0.476 e. The molecule has 0 unspecified atom stereocenters. The van der Waals surface area contributed by atoms with Gasteiger partial charge in [-0.3, -0.25) is 0 Å². The van der Waals surface area contributed by atoms with Gasteiger partial charge < -0.3 is 14.5 Å². The quantitative estimate of drug-likeness (QED) is 0.774. The highest BCUT2D eigenvalue weighted by atomic mass is 16.5. The molecule has 0 radical (unpaired) electrons. The summed E-state index contributed by atoms with van der Waals surface area (Å²) in [7, 11) is 0. The summed E-state index contributed by atoms with van der Waals surface area (Å²) in [4.78, 5) is 5.23. The number of hydrogen-bond donors (Lipinski definition) is 0. The van der Waals surface area contributed by atoms with Crippen molar-refractivity contribution < 1.29 is 4.74 Å². The molecule has 0 aromatic heterocycles. The molecule has 5 fully saturated rings. The zero-order chi connectivity index (χ0) is 14.2. The minimum atomic E-state index is 0.483. The van der Waals surface area contributed by atoms with Gasteiger partial charge in [0.1, 0.15) is 6.61 Å². The second-order valence-electron chi connectivity index (χ2n) is 8.81. The molecule has 0 N–H and O–H groups in total. The second-order valence-corrected chi connectivity index (χ2v) is 8.81. The molecule has 0 aromatic carbocycles. The highest BCUT2D eigenvalue weighted by Crippen LogP contribution is 2.58. The van der Waals surface area contributed by atoms with Gasteiger partial charge in [0.05, 0.1) is 18.9 Å². The Labute approximate surface area is 128 Å². The van der Waals surface area contributed by atoms with Crippen molar-refractivity contribution in [1.82, 2.24) is 9.80 Å². The van der Waals surface area contributed by atoms with Crippen LogP contribution in [0.4, 0.5) is 0 Å². The molecule has 3 heteroatoms. The molecule has 0 spiro atoms. The van der Waals surface area contributed by atoms with E-state index in [4.69, 9.17) is 4.74 Å². The Balaban J connectivity index is 1.42. The predicted molar refractivity (Wildman–Crippen MR) is 82.1 cm³/mol. The summed E-state index contributed by atoms with van der Waals surface area (Å²) in [6.45, 7) is 6.62. The lowest BCUT2D eigenvalue weighted by Crippen LogP contribution is -2.59. The van der Waals surface area contributed by atoms with E-state index < -0.39 is 0 Å². The van der Waals surface area contributed by atoms with Crippen molar-refractivity contribution in [2.75, 3.05) is 13.3 Å². The van der Waals surface area contributed by atoms with E-state index in [-0.39, 0.29) is 0 Å². The molecular weight excluding hydrogens is 260 g/mol. The van der Waals surface area contributed by atoms with Gasteiger partial charge in [-0.05, 0) is 62.2 Å². The van der Waals surface area contributed by atoms with Crippen LogP contribution in [0.15, 0.2) is 12.1 Å². The lowest BCUT2D eigenvalue weighted by molar-refractivity contribution is -0.0770. The van der Waals surface area contributed by atoms with Gasteiger partial charge in [0.2, 0.25) is 5.88 Å². The first-order valence-electron chi connectivity index (χ1n) is 9.01. The van der Waals surface area contributed by atoms with E-state index in [1.807, 2.05) is 0 Å². The van der Waals surface area contributed by atoms with Crippen LogP contribution >= 0.6 is 0 Å². The molecule has 6 aliphatic rings. The molecule has 2 aliphatic heterocycles. The molecule has 4 bridgehead atoms. The average Bonchev–Trinajstić information content (AvgIpc) is 2.95. The summed E-state index contributed by atoms with van der Waals surface area (Å²) in [5.41, 5.74) is 0.483. The van der Waals surface area contributed by atoms with Crippen molar-refractivity contribution in [3.63, 3.8) is 0 Å². The van der Waals surface area contributed by atoms with Crippen molar-refractivity contribution in [2.24, 2.45) is 23.7 Å². The zero-order valence-electron chi connectivity index (χ0n) is 13.4. The first-order valence-corrected chi connectivity index (χ1v) is 9.01. The van der Waals surface area contributed by atoms with Gasteiger partial charge in [0.15, 0.2) is 0 Å². The number of rotatable bonds is 2. The fourth-order valence-electron chi connectivity index (χ4n) is 6.39. The highest BCUT2D eigenvalue weighted by Gasteiger charge is 2.55. The molecule has 3 nitrogen and oxygen atoms in total. The summed E-state index contributed by atoms with van der Waals surface area (Å²) in [6, 6.07) is 0.579. The van der Waals surface area contributed by atoms with Crippen molar-refractivity contribution >= 4 is 0 Å². The van der Waals surface area contributed by atoms with E-state index in [0.29, 0.717) is 17.5 Å². The number of nitrogens with zero attached hydrogens (tertiary/aromatic N) is 2. The molecule has 2 heterocycles. The van der Waals surface area contributed by atoms with Crippen LogP contribution < -0.4 is 0 Å². The van der Waals surface area contributed by atoms with Crippen LogP contribution in [-0.2, 0) is 4.74 Å². The Morgan fingerprint density at radius 3 is 2.29 bits per heavy atom. The van der Waals surface area contributed by atoms with E-state index in [0.717, 1.165) is 36.9 Å². The van der Waals surface area contributed by atoms with Gasteiger partial charge >= 0.3 is 0 Å². The van der Waals surface area contributed by atoms with Crippen molar-refractivity contribution in [1.29, 1.82) is 0 Å². The van der Waals surface area contributed by atoms with E-state index in [2.05, 4.69) is 29.8 Å². The van der Waals surface area contributed by atoms with E-state index in [1.165, 1.54) is 38.5 Å². The van der Waals surface area contributed by atoms with Gasteiger partial charge in [0, 0.05) is 5.54 Å². The molecule has 1 atom stereocenters. The number of hydrogen-bond acceptors (Lipinski definition) is 3. The normalized spacial score (nSPS) is 47.1. The molecule has 116 valence electrons. The fraction of sp³-hybridized carbons (Fsp3) is 0.889. The standard InChI is InChI=1S/C18H28N2O/c1-12(2)16-10-21-17-9-19(11-20(16)17)18-6-13-3-14(7-18)5-15(4-13)8-18/h9,12-16H,3-8,10-11H2,1-2H3/t13?,14?,15?,16-,18?/m1/s1. The van der Waals surface area contributed by atoms with Crippen molar-refractivity contribution in [3.8, 4) is 0 Å². The molecule has 21 heavy (non-hydrogen) atoms. The van der Waals surface area contributed by atoms with Gasteiger partial charge in [-0.25, -0.2) is 0 Å². The van der Waals surface area contributed by atoms with Crippen molar-refractivity contribution in [2.45, 2.75) is 64.0 Å². The average molecular weight is 288 g/mol. The first-order chi connectivity index (χ1) is 10.1. The van der Waals surface area contributed by atoms with Gasteiger partial charge in [-0.15, -0.1) is 0 Å². The van der Waals surface area contributed by atoms with Gasteiger partial charge in [0.25, 0.3) is 0 Å². The topological polar surface area (TPSA) is 15.7 Å². The number of ether oxygens (including phenoxy) is 1. The summed E-state index contributed by atoms with van der Waals surface area (Å²) < 4.78 is 5.99. The van der Waals surface area contributed by atoms with Crippen LogP contribution in [0.3, 0.4) is 0 Å². The fourth-order valence-corrected chi connectivity index (χ4v) is 6.39. The van der Waals surface area contributed by atoms with Crippen LogP contribution in [0.1, 0.15) is 52.4 Å². The Bertz CT molecular complexity index is 448. The summed E-state index contributed by atoms with van der Waals surface area (Å²) in [5.74, 6) is 4.89. The Hall–Kier alpha value is -0.860. The van der Waals surface area contributed by atoms with E-state index in [1.54, 1.807) is 0 Å². The van der Waals surface area contributed by atoms with Gasteiger partial charge in [-0.2, -0.15) is 0 Å². The summed E-state index contributed by atoms with van der Waals surface area (Å²) >= 11 is 0. The van der Waals surface area contributed by atoms with Crippen LogP contribution in [0, 0.1) is 23.7 Å². The Morgan fingerprint density at radius 1 is 1.10 bits per heavy atom. The first kappa shape index (κ1) is 12.7. The van der Waals surface area contributed by atoms with E-state index >= 15 is 0 Å². The highest BCUT2D eigenvalue weighted by molar-refractivity contribution is 5.15. The molecular formula is C18H28N2O. The molecule has 6 rings (SSSR count). The third kappa shape index (κ3) is 1.72. The van der Waals surface area contributed by atoms with E-state index in [9.17, 15) is 0 Å². The van der Waals surface area contributed by atoms with Crippen LogP contribution in [0.2, 0.25) is 0 Å². The van der Waals surface area contributed by atoms with Gasteiger partial charge in [-0.1, -0.05) is 13.8 Å². The third-order valence-electron chi connectivity index (χ3n) is 7.04. The maximum Gasteiger partial charge on any atom is 0.207 e. The maximum atomic E-state index is 5.99. The minimum Gasteiger partial charge on any atom is -0.476 e. The molecule has 0 amide bonds. The molecule has 0 aromatic rings. The SMILES string of the molecule is CC(C)[C@H]1COC2=CN(C34CC5CC(CC(C5)C3)C4)CN21. The monoisotopic (exact) mass is 288 g/mol. The molecule has 4 aliphatic carbocycles. The van der Waals surface area contributed by atoms with Crippen molar-refractivity contribution in [3.05, 3.63) is 12.1 Å². The lowest BCUT2D eigenvalue weighted by Gasteiger charge is -2.60. The lowest BCUT2D eigenvalue weighted by atomic mass is 9.52. The van der Waals surface area contributed by atoms with Crippen LogP contribution in [-0.4, -0.2) is 34.7 Å². The van der Waals surface area contributed by atoms with Crippen LogP contribution in [0.25, 0.3) is 0 Å². The third-order valence-corrected chi connectivity index (χ3v) is 7.04. The smallest absolute Gasteiger partial charge is 0.207 e. The molecule has 4 saturated carbocycles. The maximum absolute atomic E-state index is 5.99.